The van der Waals surface area contributed by atoms with Gasteiger partial charge in [-0.1, -0.05) is 11.6 Å². The van der Waals surface area contributed by atoms with Gasteiger partial charge in [0.25, 0.3) is 18.8 Å². The van der Waals surface area contributed by atoms with E-state index in [1.807, 2.05) is 0 Å². The Hall–Kier alpha value is -2.85. The van der Waals surface area contributed by atoms with Crippen molar-refractivity contribution < 1.29 is 36.9 Å². The third-order valence-corrected chi connectivity index (χ3v) is 4.82. The lowest BCUT2D eigenvalue weighted by Gasteiger charge is -2.30. The number of carbonyl (C=O) groups excluding carboxylic acids is 1. The molecular formula is C20H17ClF4N2O4. The van der Waals surface area contributed by atoms with Crippen LogP contribution in [0.5, 0.6) is 11.5 Å². The zero-order chi connectivity index (χ0) is 22.8. The van der Waals surface area contributed by atoms with E-state index < -0.39 is 36.6 Å². The summed E-state index contributed by atoms with van der Waals surface area (Å²) in [5.74, 6) is -0.359. The number of benzene rings is 2. The van der Waals surface area contributed by atoms with Crippen LogP contribution in [0.25, 0.3) is 0 Å². The number of hydrogen-bond acceptors (Lipinski definition) is 5. The van der Waals surface area contributed by atoms with Crippen molar-refractivity contribution >= 4 is 23.2 Å². The monoisotopic (exact) mass is 460 g/mol. The van der Waals surface area contributed by atoms with E-state index in [9.17, 15) is 27.5 Å². The minimum Gasteiger partial charge on any atom is -0.496 e. The highest BCUT2D eigenvalue weighted by Gasteiger charge is 2.53. The third kappa shape index (κ3) is 4.75. The predicted molar refractivity (Wildman–Crippen MR) is 104 cm³/mol. The molecule has 0 spiro atoms. The molecule has 1 aliphatic rings. The third-order valence-electron chi connectivity index (χ3n) is 4.57. The molecule has 2 aromatic carbocycles. The number of hydrogen-bond donors (Lipinski definition) is 1. The lowest BCUT2D eigenvalue weighted by molar-refractivity contribution is -0.164. The van der Waals surface area contributed by atoms with Crippen molar-refractivity contribution in [3.8, 4) is 11.5 Å². The van der Waals surface area contributed by atoms with Crippen molar-refractivity contribution in [1.82, 2.24) is 5.01 Å². The number of halogens is 5. The van der Waals surface area contributed by atoms with Crippen molar-refractivity contribution in [2.45, 2.75) is 31.6 Å². The molecule has 1 atom stereocenters. The van der Waals surface area contributed by atoms with E-state index in [2.05, 4.69) is 5.10 Å². The minimum atomic E-state index is -3.51. The molecule has 1 amide bonds. The summed E-state index contributed by atoms with van der Waals surface area (Å²) in [4.78, 5) is 12.8. The first kappa shape index (κ1) is 22.8. The van der Waals surface area contributed by atoms with Gasteiger partial charge >= 0.3 is 0 Å². The molecule has 0 bridgehead atoms. The van der Waals surface area contributed by atoms with Crippen LogP contribution in [0.2, 0.25) is 5.02 Å². The second-order valence-corrected chi connectivity index (χ2v) is 7.07. The predicted octanol–water partition coefficient (Wildman–Crippen LogP) is 4.35. The number of nitrogens with zero attached hydrogens (tertiary/aromatic N) is 2. The molecule has 0 saturated heterocycles. The Labute approximate surface area is 179 Å². The Morgan fingerprint density at radius 3 is 2.48 bits per heavy atom. The van der Waals surface area contributed by atoms with Gasteiger partial charge in [0.05, 0.1) is 7.11 Å². The average molecular weight is 461 g/mol. The van der Waals surface area contributed by atoms with Crippen LogP contribution in [-0.2, 0) is 6.61 Å². The molecule has 2 aromatic rings. The van der Waals surface area contributed by atoms with Gasteiger partial charge in [-0.2, -0.15) is 10.1 Å². The second kappa shape index (κ2) is 9.11. The van der Waals surface area contributed by atoms with E-state index in [-0.39, 0.29) is 17.2 Å². The van der Waals surface area contributed by atoms with Gasteiger partial charge in [0, 0.05) is 22.6 Å². The van der Waals surface area contributed by atoms with Crippen molar-refractivity contribution in [1.29, 1.82) is 0 Å². The molecule has 1 aliphatic heterocycles. The SMILES string of the molecule is COc1ccc(C(=O)N2N=C(C(F)F)CC2(O)C(F)F)cc1COc1ccc(Cl)cc1. The summed E-state index contributed by atoms with van der Waals surface area (Å²) in [5, 5.41) is 13.9. The number of amides is 1. The fourth-order valence-electron chi connectivity index (χ4n) is 2.94. The van der Waals surface area contributed by atoms with Crippen LogP contribution < -0.4 is 9.47 Å². The molecule has 1 N–H and O–H groups in total. The number of methoxy groups -OCH3 is 1. The number of aliphatic hydroxyl groups is 1. The van der Waals surface area contributed by atoms with Crippen LogP contribution >= 0.6 is 11.6 Å². The van der Waals surface area contributed by atoms with E-state index in [1.54, 1.807) is 24.3 Å². The van der Waals surface area contributed by atoms with Gasteiger partial charge in [0.1, 0.15) is 23.8 Å². The molecule has 31 heavy (non-hydrogen) atoms. The lowest BCUT2D eigenvalue weighted by atomic mass is 10.1. The van der Waals surface area contributed by atoms with Crippen molar-refractivity contribution in [2.75, 3.05) is 7.11 Å². The van der Waals surface area contributed by atoms with E-state index in [0.29, 0.717) is 22.1 Å². The van der Waals surface area contributed by atoms with E-state index >= 15 is 0 Å². The fourth-order valence-corrected chi connectivity index (χ4v) is 3.07. The fraction of sp³-hybridized carbons (Fsp3) is 0.300. The Kier molecular flexibility index (Phi) is 6.71. The highest BCUT2D eigenvalue weighted by molar-refractivity contribution is 6.30. The maximum Gasteiger partial charge on any atom is 0.287 e. The van der Waals surface area contributed by atoms with Crippen LogP contribution in [0.3, 0.4) is 0 Å². The van der Waals surface area contributed by atoms with Crippen LogP contribution in [0.15, 0.2) is 47.6 Å². The van der Waals surface area contributed by atoms with Crippen molar-refractivity contribution in [3.05, 3.63) is 58.6 Å². The number of carbonyl (C=O) groups is 1. The Morgan fingerprint density at radius 2 is 1.90 bits per heavy atom. The van der Waals surface area contributed by atoms with Crippen LogP contribution in [0, 0.1) is 0 Å². The topological polar surface area (TPSA) is 71.4 Å². The molecule has 0 saturated carbocycles. The van der Waals surface area contributed by atoms with Gasteiger partial charge in [-0.05, 0) is 42.5 Å². The first-order valence-corrected chi connectivity index (χ1v) is 9.29. The second-order valence-electron chi connectivity index (χ2n) is 6.63. The average Bonchev–Trinajstić information content (AvgIpc) is 3.12. The van der Waals surface area contributed by atoms with E-state index in [0.717, 1.165) is 0 Å². The van der Waals surface area contributed by atoms with Gasteiger partial charge in [-0.15, -0.1) is 0 Å². The summed E-state index contributed by atoms with van der Waals surface area (Å²) >= 11 is 5.82. The summed E-state index contributed by atoms with van der Waals surface area (Å²) < 4.78 is 63.6. The summed E-state index contributed by atoms with van der Waals surface area (Å²) in [7, 11) is 1.39. The quantitative estimate of drug-likeness (QED) is 0.624. The Bertz CT molecular complexity index is 988. The molecule has 11 heteroatoms. The summed E-state index contributed by atoms with van der Waals surface area (Å²) in [6.45, 7) is -0.0589. The van der Waals surface area contributed by atoms with Crippen LogP contribution in [0.1, 0.15) is 22.3 Å². The zero-order valence-electron chi connectivity index (χ0n) is 16.1. The molecule has 1 unspecified atom stereocenters. The highest BCUT2D eigenvalue weighted by Crippen LogP contribution is 2.35. The summed E-state index contributed by atoms with van der Waals surface area (Å²) in [5.41, 5.74) is -3.96. The van der Waals surface area contributed by atoms with Gasteiger partial charge in [-0.25, -0.2) is 17.6 Å². The maximum atomic E-state index is 13.4. The zero-order valence-corrected chi connectivity index (χ0v) is 16.8. The van der Waals surface area contributed by atoms with E-state index in [1.165, 1.54) is 25.3 Å². The molecular weight excluding hydrogens is 444 g/mol. The molecule has 0 aromatic heterocycles. The molecule has 0 fully saturated rings. The van der Waals surface area contributed by atoms with Gasteiger partial charge in [0.15, 0.2) is 0 Å². The lowest BCUT2D eigenvalue weighted by Crippen LogP contribution is -2.51. The molecule has 0 aliphatic carbocycles. The normalized spacial score (nSPS) is 18.5. The van der Waals surface area contributed by atoms with Gasteiger partial charge in [-0.3, -0.25) is 4.79 Å². The highest BCUT2D eigenvalue weighted by atomic mass is 35.5. The van der Waals surface area contributed by atoms with E-state index in [4.69, 9.17) is 21.1 Å². The van der Waals surface area contributed by atoms with Crippen LogP contribution in [-0.4, -0.2) is 47.4 Å². The van der Waals surface area contributed by atoms with Crippen LogP contribution in [0.4, 0.5) is 17.6 Å². The number of hydrazone groups is 1. The Balaban J connectivity index is 1.88. The first-order valence-electron chi connectivity index (χ1n) is 8.91. The minimum absolute atomic E-state index is 0.00476. The van der Waals surface area contributed by atoms with Gasteiger partial charge in [0.2, 0.25) is 5.72 Å². The van der Waals surface area contributed by atoms with Crippen molar-refractivity contribution in [3.63, 3.8) is 0 Å². The molecule has 0 radical (unpaired) electrons. The molecule has 3 rings (SSSR count). The number of alkyl halides is 4. The summed E-state index contributed by atoms with van der Waals surface area (Å²) in [6.07, 6.45) is -7.86. The first-order chi connectivity index (χ1) is 14.7. The van der Waals surface area contributed by atoms with Gasteiger partial charge < -0.3 is 14.6 Å². The molecule has 166 valence electrons. The summed E-state index contributed by atoms with van der Waals surface area (Å²) in [6, 6.07) is 10.4. The smallest absolute Gasteiger partial charge is 0.287 e. The maximum absolute atomic E-state index is 13.4. The number of rotatable bonds is 7. The molecule has 1 heterocycles. The number of ether oxygens (including phenoxy) is 2. The van der Waals surface area contributed by atoms with Crippen molar-refractivity contribution in [2.24, 2.45) is 5.10 Å². The molecule has 6 nitrogen and oxygen atoms in total. The Morgan fingerprint density at radius 1 is 1.23 bits per heavy atom. The largest absolute Gasteiger partial charge is 0.496 e. The standard InChI is InChI=1S/C20H17ClF4N2O4/c1-30-16-7-2-11(8-12(16)10-31-14-5-3-13(21)4-6-14)18(28)27-20(29,19(24)25)9-15(26-27)17(22)23/h2-8,17,19,29H,9-10H2,1H3.